The smallest absolute Gasteiger partial charge is 0.257 e. The Kier molecular flexibility index (Phi) is 9.93. The molecule has 4 rings (SSSR count). The summed E-state index contributed by atoms with van der Waals surface area (Å²) in [7, 11) is 0. The molecule has 1 atom stereocenters. The fourth-order valence-corrected chi connectivity index (χ4v) is 6.68. The zero-order valence-corrected chi connectivity index (χ0v) is 24.8. The molecule has 11 heteroatoms. The molecule has 3 aromatic rings. The Morgan fingerprint density at radius 1 is 1.10 bits per heavy atom. The molecule has 1 N–H and O–H groups in total. The summed E-state index contributed by atoms with van der Waals surface area (Å²) in [6.07, 6.45) is 5.16. The predicted molar refractivity (Wildman–Crippen MR) is 153 cm³/mol. The third kappa shape index (κ3) is 6.87. The molecule has 1 unspecified atom stereocenters. The van der Waals surface area contributed by atoms with E-state index in [1.165, 1.54) is 22.9 Å². The van der Waals surface area contributed by atoms with Crippen molar-refractivity contribution in [1.82, 2.24) is 14.7 Å². The van der Waals surface area contributed by atoms with Crippen molar-refractivity contribution in [3.63, 3.8) is 0 Å². The number of halogens is 4. The predicted octanol–water partition coefficient (Wildman–Crippen LogP) is 7.19. The number of benzene rings is 2. The molecule has 0 aliphatic heterocycles. The third-order valence-electron chi connectivity index (χ3n) is 7.49. The summed E-state index contributed by atoms with van der Waals surface area (Å²) < 4.78 is 29.8. The number of hydrogen-bond acceptors (Lipinski definition) is 5. The number of ketones is 1. The number of nitrogens with zero attached hydrogens (tertiary/aromatic N) is 3. The highest BCUT2D eigenvalue weighted by Gasteiger charge is 2.30. The van der Waals surface area contributed by atoms with Crippen molar-refractivity contribution in [1.29, 1.82) is 0 Å². The van der Waals surface area contributed by atoms with Crippen LogP contribution in [0, 0.1) is 24.5 Å². The maximum atomic E-state index is 14.0. The van der Waals surface area contributed by atoms with Crippen molar-refractivity contribution in [3.05, 3.63) is 80.6 Å². The van der Waals surface area contributed by atoms with Crippen LogP contribution in [-0.4, -0.2) is 44.3 Å². The molecule has 0 bridgehead atoms. The molecule has 1 aliphatic carbocycles. The first kappa shape index (κ1) is 30.5. The van der Waals surface area contributed by atoms with Gasteiger partial charge in [0, 0.05) is 44.7 Å². The summed E-state index contributed by atoms with van der Waals surface area (Å²) >= 11 is 14.3. The molecule has 214 valence electrons. The highest BCUT2D eigenvalue weighted by molar-refractivity contribution is 7.98. The van der Waals surface area contributed by atoms with E-state index in [4.69, 9.17) is 23.2 Å². The zero-order valence-electron chi connectivity index (χ0n) is 22.5. The van der Waals surface area contributed by atoms with Crippen LogP contribution < -0.4 is 0 Å². The minimum atomic E-state index is -1.27. The summed E-state index contributed by atoms with van der Waals surface area (Å²) in [5, 5.41) is 16.2. The first-order valence-corrected chi connectivity index (χ1v) is 15.0. The lowest BCUT2D eigenvalue weighted by Crippen LogP contribution is -2.35. The third-order valence-corrected chi connectivity index (χ3v) is 8.82. The van der Waals surface area contributed by atoms with Gasteiger partial charge in [0.15, 0.2) is 0 Å². The number of carbonyl (C=O) groups excluding carboxylic acids is 2. The lowest BCUT2D eigenvalue weighted by Gasteiger charge is -2.29. The van der Waals surface area contributed by atoms with Gasteiger partial charge in [0.05, 0.1) is 30.5 Å². The fraction of sp³-hybridized carbons (Fsp3) is 0.414. The van der Waals surface area contributed by atoms with E-state index in [1.807, 2.05) is 10.9 Å². The largest absolute Gasteiger partial charge is 0.386 e. The van der Waals surface area contributed by atoms with Crippen LogP contribution in [0.1, 0.15) is 71.9 Å². The van der Waals surface area contributed by atoms with E-state index >= 15 is 0 Å². The van der Waals surface area contributed by atoms with E-state index in [0.29, 0.717) is 11.3 Å². The second kappa shape index (κ2) is 13.0. The molecule has 6 nitrogen and oxygen atoms in total. The number of thioether (sulfide) groups is 1. The lowest BCUT2D eigenvalue weighted by molar-refractivity contribution is -0.121. The molecular weight excluding hydrogens is 579 g/mol. The average molecular weight is 611 g/mol. The Morgan fingerprint density at radius 2 is 1.70 bits per heavy atom. The topological polar surface area (TPSA) is 75.4 Å². The quantitative estimate of drug-likeness (QED) is 0.260. The number of amides is 1. The number of hydrogen-bond donors (Lipinski definition) is 1. The summed E-state index contributed by atoms with van der Waals surface area (Å²) in [5.74, 6) is -1.75. The first-order chi connectivity index (χ1) is 19.0. The molecule has 0 radical (unpaired) electrons. The van der Waals surface area contributed by atoms with Gasteiger partial charge in [-0.25, -0.2) is 8.78 Å². The standard InChI is InChI=1S/C29H31Cl2F2N3O3S/c1-16-24(13-34-36(16)22-6-4-19(5-7-22)17(2)37)29(39)35(14-18-8-20(32)10-21(33)9-18)15-27(38)28-25(30)11-23(40-3)12-26(28)31/h8-13,19,22,27,38H,4-7,14-15H2,1-3H3. The van der Waals surface area contributed by atoms with Crippen LogP contribution in [-0.2, 0) is 11.3 Å². The maximum absolute atomic E-state index is 14.0. The van der Waals surface area contributed by atoms with Crippen molar-refractivity contribution in [2.24, 2.45) is 5.92 Å². The number of aromatic nitrogens is 2. The minimum Gasteiger partial charge on any atom is -0.386 e. The van der Waals surface area contributed by atoms with Crippen LogP contribution in [0.2, 0.25) is 10.0 Å². The molecule has 1 amide bonds. The van der Waals surface area contributed by atoms with Gasteiger partial charge in [-0.15, -0.1) is 11.8 Å². The second-order valence-corrected chi connectivity index (χ2v) is 11.9. The van der Waals surface area contributed by atoms with Gasteiger partial charge in [-0.1, -0.05) is 23.2 Å². The van der Waals surface area contributed by atoms with E-state index in [2.05, 4.69) is 5.10 Å². The van der Waals surface area contributed by atoms with Gasteiger partial charge < -0.3 is 10.0 Å². The van der Waals surface area contributed by atoms with Crippen LogP contribution >= 0.6 is 35.0 Å². The van der Waals surface area contributed by atoms with Gasteiger partial charge in [0.1, 0.15) is 17.4 Å². The summed E-state index contributed by atoms with van der Waals surface area (Å²) in [4.78, 5) is 27.8. The van der Waals surface area contributed by atoms with Crippen molar-refractivity contribution in [2.45, 2.75) is 63.1 Å². The molecule has 1 heterocycles. The van der Waals surface area contributed by atoms with E-state index in [9.17, 15) is 23.5 Å². The molecular formula is C29H31Cl2F2N3O3S. The SMILES string of the molecule is CSc1cc(Cl)c(C(O)CN(Cc2cc(F)cc(F)c2)C(=O)c2cnn(C3CCC(C(C)=O)CC3)c2C)c(Cl)c1. The highest BCUT2D eigenvalue weighted by Crippen LogP contribution is 2.36. The molecule has 0 saturated heterocycles. The van der Waals surface area contributed by atoms with Crippen molar-refractivity contribution in [2.75, 3.05) is 12.8 Å². The summed E-state index contributed by atoms with van der Waals surface area (Å²) in [6, 6.07) is 6.46. The summed E-state index contributed by atoms with van der Waals surface area (Å²) in [5.41, 5.74) is 1.44. The van der Waals surface area contributed by atoms with Crippen molar-refractivity contribution < 1.29 is 23.5 Å². The number of aliphatic hydroxyl groups excluding tert-OH is 1. The highest BCUT2D eigenvalue weighted by atomic mass is 35.5. The molecule has 1 fully saturated rings. The van der Waals surface area contributed by atoms with Crippen LogP contribution in [0.5, 0.6) is 0 Å². The van der Waals surface area contributed by atoms with Crippen LogP contribution in [0.15, 0.2) is 41.4 Å². The Bertz CT molecular complexity index is 1370. The van der Waals surface area contributed by atoms with Crippen molar-refractivity contribution >= 4 is 46.7 Å². The van der Waals surface area contributed by atoms with E-state index in [1.54, 1.807) is 26.0 Å². The molecule has 1 aliphatic rings. The normalized spacial score (nSPS) is 18.0. The fourth-order valence-electron chi connectivity index (χ4n) is 5.34. The van der Waals surface area contributed by atoms with Gasteiger partial charge in [-0.3, -0.25) is 14.3 Å². The Labute approximate surface area is 246 Å². The molecule has 2 aromatic carbocycles. The number of aliphatic hydroxyl groups is 1. The molecule has 40 heavy (non-hydrogen) atoms. The van der Waals surface area contributed by atoms with E-state index in [-0.39, 0.29) is 52.0 Å². The zero-order chi connectivity index (χ0) is 29.1. The van der Waals surface area contributed by atoms with Crippen LogP contribution in [0.25, 0.3) is 0 Å². The number of carbonyl (C=O) groups is 2. The molecule has 1 saturated carbocycles. The van der Waals surface area contributed by atoms with Gasteiger partial charge >= 0.3 is 0 Å². The first-order valence-electron chi connectivity index (χ1n) is 13.0. The monoisotopic (exact) mass is 609 g/mol. The number of Topliss-reactive ketones (excluding diaryl/α,β-unsaturated/α-hetero) is 1. The lowest BCUT2D eigenvalue weighted by atomic mass is 9.84. The Morgan fingerprint density at radius 3 is 2.25 bits per heavy atom. The van der Waals surface area contributed by atoms with E-state index < -0.39 is 23.6 Å². The average Bonchev–Trinajstić information content (AvgIpc) is 3.27. The van der Waals surface area contributed by atoms with E-state index in [0.717, 1.165) is 48.8 Å². The van der Waals surface area contributed by atoms with Gasteiger partial charge in [0.2, 0.25) is 0 Å². The molecule has 1 aromatic heterocycles. The second-order valence-electron chi connectivity index (χ2n) is 10.2. The van der Waals surface area contributed by atoms with Crippen LogP contribution in [0.4, 0.5) is 8.78 Å². The van der Waals surface area contributed by atoms with Crippen molar-refractivity contribution in [3.8, 4) is 0 Å². The minimum absolute atomic E-state index is 0.0560. The van der Waals surface area contributed by atoms with Crippen LogP contribution in [0.3, 0.4) is 0 Å². The Hall–Kier alpha value is -2.46. The van der Waals surface area contributed by atoms with Gasteiger partial charge in [-0.05, 0) is 75.6 Å². The van der Waals surface area contributed by atoms with Gasteiger partial charge in [0.25, 0.3) is 5.91 Å². The summed E-state index contributed by atoms with van der Waals surface area (Å²) in [6.45, 7) is 3.01. The maximum Gasteiger partial charge on any atom is 0.257 e. The Balaban J connectivity index is 1.63. The number of rotatable bonds is 9. The van der Waals surface area contributed by atoms with Gasteiger partial charge in [-0.2, -0.15) is 5.10 Å². The molecule has 0 spiro atoms.